The van der Waals surface area contributed by atoms with Crippen LogP contribution in [0.25, 0.3) is 0 Å². The molecule has 0 aromatic heterocycles. The first-order valence-corrected chi connectivity index (χ1v) is 5.70. The van der Waals surface area contributed by atoms with Crippen LogP contribution in [0.4, 0.5) is 4.79 Å². The van der Waals surface area contributed by atoms with E-state index in [-0.39, 0.29) is 19.0 Å². The summed E-state index contributed by atoms with van der Waals surface area (Å²) in [7, 11) is 0. The molecule has 1 N–H and O–H groups in total. The van der Waals surface area contributed by atoms with Crippen molar-refractivity contribution in [3.63, 3.8) is 0 Å². The third kappa shape index (κ3) is 5.34. The van der Waals surface area contributed by atoms with E-state index in [1.807, 2.05) is 20.8 Å². The molecule has 0 radical (unpaired) electrons. The summed E-state index contributed by atoms with van der Waals surface area (Å²) in [5.41, 5.74) is -0.516. The third-order valence-electron chi connectivity index (χ3n) is 2.20. The minimum absolute atomic E-state index is 0.310. The van der Waals surface area contributed by atoms with Crippen LogP contribution in [0.3, 0.4) is 0 Å². The normalized spacial score (nSPS) is 22.1. The van der Waals surface area contributed by atoms with Crippen molar-refractivity contribution in [3.05, 3.63) is 0 Å². The molecule has 0 bridgehead atoms. The number of rotatable bonds is 2. The lowest BCUT2D eigenvalue weighted by atomic mass is 10.2. The van der Waals surface area contributed by atoms with Crippen LogP contribution in [0.2, 0.25) is 0 Å². The van der Waals surface area contributed by atoms with Gasteiger partial charge in [0.15, 0.2) is 0 Å². The molecule has 0 aromatic carbocycles. The van der Waals surface area contributed by atoms with Crippen molar-refractivity contribution >= 4 is 6.09 Å². The molecule has 1 fully saturated rings. The molecule has 1 heterocycles. The molecule has 1 unspecified atom stereocenters. The highest BCUT2D eigenvalue weighted by molar-refractivity contribution is 5.68. The molecule has 100 valence electrons. The monoisotopic (exact) mass is 247 g/mol. The fraction of sp³-hybridized carbons (Fsp3) is 0.909. The van der Waals surface area contributed by atoms with Crippen LogP contribution in [0.15, 0.2) is 0 Å². The number of ether oxygens (including phenoxy) is 3. The Hall–Kier alpha value is -0.850. The van der Waals surface area contributed by atoms with Gasteiger partial charge in [-0.25, -0.2) is 4.79 Å². The zero-order valence-electron chi connectivity index (χ0n) is 10.6. The maximum atomic E-state index is 11.8. The van der Waals surface area contributed by atoms with Crippen LogP contribution in [0, 0.1) is 0 Å². The van der Waals surface area contributed by atoms with E-state index in [0.29, 0.717) is 26.3 Å². The Bertz CT molecular complexity index is 251. The van der Waals surface area contributed by atoms with Gasteiger partial charge in [-0.05, 0) is 20.8 Å². The zero-order valence-corrected chi connectivity index (χ0v) is 10.6. The molecule has 6 nitrogen and oxygen atoms in total. The van der Waals surface area contributed by atoms with E-state index in [2.05, 4.69) is 0 Å². The molecule has 0 saturated carbocycles. The number of hydrogen-bond acceptors (Lipinski definition) is 5. The lowest BCUT2D eigenvalue weighted by Gasteiger charge is -2.27. The number of hydrogen-bond donors (Lipinski definition) is 1. The maximum Gasteiger partial charge on any atom is 0.410 e. The van der Waals surface area contributed by atoms with Crippen molar-refractivity contribution in [3.8, 4) is 0 Å². The first-order chi connectivity index (χ1) is 7.92. The largest absolute Gasteiger partial charge is 0.444 e. The smallest absolute Gasteiger partial charge is 0.410 e. The number of aliphatic hydroxyl groups excluding tert-OH is 1. The van der Waals surface area contributed by atoms with Crippen LogP contribution < -0.4 is 0 Å². The minimum atomic E-state index is -0.516. The third-order valence-corrected chi connectivity index (χ3v) is 2.20. The van der Waals surface area contributed by atoms with Gasteiger partial charge in [0.25, 0.3) is 0 Å². The quantitative estimate of drug-likeness (QED) is 0.723. The van der Waals surface area contributed by atoms with Crippen molar-refractivity contribution in [2.24, 2.45) is 0 Å². The summed E-state index contributed by atoms with van der Waals surface area (Å²) in [6.45, 7) is 6.75. The number of carbonyl (C=O) groups excluding carboxylic acids is 1. The first kappa shape index (κ1) is 14.2. The van der Waals surface area contributed by atoms with Gasteiger partial charge in [0, 0.05) is 6.54 Å². The van der Waals surface area contributed by atoms with Gasteiger partial charge in [0.1, 0.15) is 18.5 Å². The highest BCUT2D eigenvalue weighted by atomic mass is 16.6. The summed E-state index contributed by atoms with van der Waals surface area (Å²) < 4.78 is 15.6. The molecule has 0 spiro atoms. The summed E-state index contributed by atoms with van der Waals surface area (Å²) in [6.07, 6.45) is -0.690. The molecule has 1 amide bonds. The van der Waals surface area contributed by atoms with Crippen molar-refractivity contribution < 1.29 is 24.1 Å². The Labute approximate surface area is 101 Å². The van der Waals surface area contributed by atoms with Gasteiger partial charge in [-0.2, -0.15) is 0 Å². The second kappa shape index (κ2) is 6.18. The Balaban J connectivity index is 2.53. The molecule has 6 heteroatoms. The van der Waals surface area contributed by atoms with Gasteiger partial charge in [-0.3, -0.25) is 0 Å². The predicted octanol–water partition coefficient (Wildman–Crippen LogP) is 0.589. The summed E-state index contributed by atoms with van der Waals surface area (Å²) in [6, 6.07) is 0. The molecule has 1 atom stereocenters. The number of aliphatic hydroxyl groups is 1. The molecule has 17 heavy (non-hydrogen) atoms. The second-order valence-electron chi connectivity index (χ2n) is 4.92. The molecule has 1 saturated heterocycles. The molecule has 1 aliphatic heterocycles. The van der Waals surface area contributed by atoms with Gasteiger partial charge in [-0.1, -0.05) is 0 Å². The lowest BCUT2D eigenvalue weighted by Crippen LogP contribution is -2.42. The summed E-state index contributed by atoms with van der Waals surface area (Å²) >= 11 is 0. The number of carbonyl (C=O) groups is 1. The molecule has 1 aliphatic rings. The van der Waals surface area contributed by atoms with Gasteiger partial charge < -0.3 is 24.2 Å². The molecule has 0 aliphatic carbocycles. The summed E-state index contributed by atoms with van der Waals surface area (Å²) in [4.78, 5) is 13.4. The number of amides is 1. The lowest BCUT2D eigenvalue weighted by molar-refractivity contribution is -0.0774. The highest BCUT2D eigenvalue weighted by Crippen LogP contribution is 2.12. The minimum Gasteiger partial charge on any atom is -0.444 e. The topological polar surface area (TPSA) is 68.2 Å². The van der Waals surface area contributed by atoms with Gasteiger partial charge in [0.2, 0.25) is 0 Å². The summed E-state index contributed by atoms with van der Waals surface area (Å²) in [5, 5.41) is 8.71. The first-order valence-electron chi connectivity index (χ1n) is 5.70. The van der Waals surface area contributed by atoms with E-state index < -0.39 is 5.60 Å². The van der Waals surface area contributed by atoms with E-state index in [9.17, 15) is 4.79 Å². The Morgan fingerprint density at radius 1 is 1.53 bits per heavy atom. The van der Waals surface area contributed by atoms with Crippen LogP contribution >= 0.6 is 0 Å². The highest BCUT2D eigenvalue weighted by Gasteiger charge is 2.26. The van der Waals surface area contributed by atoms with E-state index in [1.165, 1.54) is 0 Å². The second-order valence-corrected chi connectivity index (χ2v) is 4.92. The average Bonchev–Trinajstić information content (AvgIpc) is 2.41. The SMILES string of the molecule is CC(C)(C)OC(=O)N1CCOCC(OCO)C1. The van der Waals surface area contributed by atoms with E-state index in [4.69, 9.17) is 19.3 Å². The van der Waals surface area contributed by atoms with Crippen LogP contribution in [-0.4, -0.2) is 60.9 Å². The van der Waals surface area contributed by atoms with Crippen molar-refractivity contribution in [2.45, 2.75) is 32.5 Å². The van der Waals surface area contributed by atoms with Crippen molar-refractivity contribution in [2.75, 3.05) is 33.1 Å². The van der Waals surface area contributed by atoms with Gasteiger partial charge in [-0.15, -0.1) is 0 Å². The Morgan fingerprint density at radius 3 is 2.82 bits per heavy atom. The standard InChI is InChI=1S/C11H21NO5/c1-11(2,3)17-10(14)12-4-5-15-7-9(6-12)16-8-13/h9,13H,4-8H2,1-3H3. The molecular weight excluding hydrogens is 226 g/mol. The fourth-order valence-electron chi connectivity index (χ4n) is 1.48. The molecule has 1 rings (SSSR count). The molecule has 0 aromatic rings. The van der Waals surface area contributed by atoms with E-state index in [0.717, 1.165) is 0 Å². The average molecular weight is 247 g/mol. The van der Waals surface area contributed by atoms with Gasteiger partial charge in [0.05, 0.1) is 19.8 Å². The maximum absolute atomic E-state index is 11.8. The molecular formula is C11H21NO5. The predicted molar refractivity (Wildman–Crippen MR) is 60.6 cm³/mol. The van der Waals surface area contributed by atoms with E-state index in [1.54, 1.807) is 4.90 Å². The van der Waals surface area contributed by atoms with Crippen LogP contribution in [-0.2, 0) is 14.2 Å². The Morgan fingerprint density at radius 2 is 2.24 bits per heavy atom. The summed E-state index contributed by atoms with van der Waals surface area (Å²) in [5.74, 6) is 0. The van der Waals surface area contributed by atoms with E-state index >= 15 is 0 Å². The zero-order chi connectivity index (χ0) is 12.9. The van der Waals surface area contributed by atoms with Crippen LogP contribution in [0.1, 0.15) is 20.8 Å². The van der Waals surface area contributed by atoms with Crippen molar-refractivity contribution in [1.82, 2.24) is 4.90 Å². The Kier molecular flexibility index (Phi) is 5.17. The van der Waals surface area contributed by atoms with Crippen LogP contribution in [0.5, 0.6) is 0 Å². The number of nitrogens with zero attached hydrogens (tertiary/aromatic N) is 1. The van der Waals surface area contributed by atoms with Crippen molar-refractivity contribution in [1.29, 1.82) is 0 Å². The van der Waals surface area contributed by atoms with Gasteiger partial charge >= 0.3 is 6.09 Å². The fourth-order valence-corrected chi connectivity index (χ4v) is 1.48.